The molecule has 0 aliphatic rings. The van der Waals surface area contributed by atoms with Crippen LogP contribution in [0.5, 0.6) is 0 Å². The molecule has 2 aromatic carbocycles. The van der Waals surface area contributed by atoms with Gasteiger partial charge in [-0.05, 0) is 0 Å². The molecular formula is C24H30Cr2O4-2. The fourth-order valence-electron chi connectivity index (χ4n) is 2.81. The van der Waals surface area contributed by atoms with Gasteiger partial charge in [-0.15, -0.1) is 0 Å². The fraction of sp³-hybridized carbons (Fsp3) is 0.417. The quantitative estimate of drug-likeness (QED) is 0.336. The van der Waals surface area contributed by atoms with E-state index in [9.17, 15) is 0 Å². The van der Waals surface area contributed by atoms with Gasteiger partial charge in [0, 0.05) is 0 Å². The average molecular weight is 486 g/mol. The molecule has 0 bridgehead atoms. The summed E-state index contributed by atoms with van der Waals surface area (Å²) in [5, 5.41) is 0. The normalized spacial score (nSPS) is 7.33. The van der Waals surface area contributed by atoms with E-state index in [1.165, 1.54) is 55.6 Å². The van der Waals surface area contributed by atoms with Crippen LogP contribution in [0, 0.1) is 95.8 Å². The molecule has 30 heavy (non-hydrogen) atoms. The summed E-state index contributed by atoms with van der Waals surface area (Å²) in [4.78, 5) is 0. The summed E-state index contributed by atoms with van der Waals surface area (Å²) in [6.07, 6.45) is 0. The van der Waals surface area contributed by atoms with Gasteiger partial charge in [0.1, 0.15) is 0 Å². The number of rotatable bonds is 0. The van der Waals surface area contributed by atoms with Crippen LogP contribution in [0.3, 0.4) is 0 Å². The standard InChI is InChI=1S/2C10H15.4CO.2Cr/c2*1-6-7(2)9(4)10(5)8(6)3;4*1-2;;/h2*1-5H3;;;;;;/q2*-1;;;;;;. The molecule has 0 radical (unpaired) electrons. The van der Waals surface area contributed by atoms with Crippen molar-refractivity contribution in [3.05, 3.63) is 82.2 Å². The third kappa shape index (κ3) is 11.8. The molecule has 0 unspecified atom stereocenters. The molecule has 0 fully saturated rings. The molecule has 4 nitrogen and oxygen atoms in total. The first kappa shape index (κ1) is 39.2. The second kappa shape index (κ2) is 24.0. The molecule has 0 aliphatic heterocycles. The van der Waals surface area contributed by atoms with E-state index in [2.05, 4.69) is 123 Å². The van der Waals surface area contributed by atoms with Crippen LogP contribution in [0.2, 0.25) is 0 Å². The van der Waals surface area contributed by atoms with Gasteiger partial charge in [0.05, 0.1) is 0 Å². The van der Waals surface area contributed by atoms with Crippen LogP contribution in [0.4, 0.5) is 0 Å². The average Bonchev–Trinajstić information content (AvgIpc) is 3.10. The van der Waals surface area contributed by atoms with Crippen molar-refractivity contribution in [2.45, 2.75) is 69.2 Å². The summed E-state index contributed by atoms with van der Waals surface area (Å²) < 4.78 is 30.0. The summed E-state index contributed by atoms with van der Waals surface area (Å²) in [7, 11) is 0. The molecule has 0 saturated heterocycles. The third-order valence-electron chi connectivity index (χ3n) is 5.62. The van der Waals surface area contributed by atoms with Crippen molar-refractivity contribution in [2.24, 2.45) is 0 Å². The Balaban J connectivity index is -0.0000000982. The Morgan fingerprint density at radius 2 is 0.533 bits per heavy atom. The van der Waals surface area contributed by atoms with Crippen molar-refractivity contribution in [1.29, 1.82) is 0 Å². The Morgan fingerprint density at radius 3 is 0.567 bits per heavy atom. The first-order valence-electron chi connectivity index (χ1n) is 8.48. The number of hydrogen-bond donors (Lipinski definition) is 0. The maximum atomic E-state index is 7.50. The molecule has 0 amide bonds. The molecule has 6 heteroatoms. The van der Waals surface area contributed by atoms with E-state index in [0.717, 1.165) is 0 Å². The van der Waals surface area contributed by atoms with Crippen LogP contribution in [0.25, 0.3) is 0 Å². The van der Waals surface area contributed by atoms with E-state index in [4.69, 9.17) is 18.6 Å². The molecule has 164 valence electrons. The first-order valence-corrected chi connectivity index (χ1v) is 11.1. The third-order valence-corrected chi connectivity index (χ3v) is 5.62. The van der Waals surface area contributed by atoms with E-state index >= 15 is 0 Å². The van der Waals surface area contributed by atoms with Crippen molar-refractivity contribution in [3.8, 4) is 0 Å². The van der Waals surface area contributed by atoms with Gasteiger partial charge in [-0.3, -0.25) is 0 Å². The van der Waals surface area contributed by atoms with E-state index in [1.54, 1.807) is 0 Å². The fourth-order valence-corrected chi connectivity index (χ4v) is 2.81. The Morgan fingerprint density at radius 1 is 0.433 bits per heavy atom. The number of hydrogen-bond acceptors (Lipinski definition) is 0. The summed E-state index contributed by atoms with van der Waals surface area (Å²) in [6, 6.07) is 0. The Labute approximate surface area is 196 Å². The minimum absolute atomic E-state index is 1.47. The molecule has 0 N–H and O–H groups in total. The van der Waals surface area contributed by atoms with E-state index in [0.29, 0.717) is 0 Å². The van der Waals surface area contributed by atoms with Crippen LogP contribution < -0.4 is 0 Å². The van der Waals surface area contributed by atoms with Gasteiger partial charge in [-0.1, -0.05) is 69.2 Å². The summed E-state index contributed by atoms with van der Waals surface area (Å²) >= 11 is 5.00. The molecule has 0 atom stereocenters. The molecule has 0 heterocycles. The SMILES string of the molecule is Cc1c(C)c(C)[c-](C)c1C.Cc1c(C)c(C)[c-](C)c1C.[C-]#[O+].[C-]#[O+].[C-]#[O+].[C-]#[O+].[Cr]#[Cr]. The van der Waals surface area contributed by atoms with Crippen molar-refractivity contribution in [2.75, 3.05) is 0 Å². The zero-order valence-electron chi connectivity index (χ0n) is 19.4. The van der Waals surface area contributed by atoms with Crippen LogP contribution >= 0.6 is 0 Å². The molecule has 2 aromatic rings. The van der Waals surface area contributed by atoms with Crippen molar-refractivity contribution in [1.82, 2.24) is 0 Å². The second-order valence-electron chi connectivity index (χ2n) is 6.25. The van der Waals surface area contributed by atoms with Crippen LogP contribution in [0.1, 0.15) is 55.6 Å². The van der Waals surface area contributed by atoms with E-state index in [1.807, 2.05) is 0 Å². The zero-order chi connectivity index (χ0) is 25.8. The Bertz CT molecular complexity index is 590. The molecule has 0 saturated carbocycles. The van der Waals surface area contributed by atoms with Gasteiger partial charge in [0.2, 0.25) is 0 Å². The predicted molar refractivity (Wildman–Crippen MR) is 107 cm³/mol. The van der Waals surface area contributed by atoms with E-state index < -0.39 is 0 Å². The molecule has 0 aromatic heterocycles. The molecular weight excluding hydrogens is 456 g/mol. The van der Waals surface area contributed by atoms with Gasteiger partial charge in [0.15, 0.2) is 0 Å². The topological polar surface area (TPSA) is 79.6 Å². The van der Waals surface area contributed by atoms with Crippen molar-refractivity contribution >= 4 is 0 Å². The Kier molecular flexibility index (Phi) is 31.4. The van der Waals surface area contributed by atoms with Gasteiger partial charge in [0.25, 0.3) is 0 Å². The maximum absolute atomic E-state index is 7.50. The van der Waals surface area contributed by atoms with Crippen LogP contribution in [-0.2, 0) is 45.8 Å². The first-order chi connectivity index (χ1) is 14.1. The molecule has 2 rings (SSSR count). The van der Waals surface area contributed by atoms with Crippen molar-refractivity contribution < 1.29 is 45.8 Å². The Hall–Kier alpha value is -1.28. The van der Waals surface area contributed by atoms with Gasteiger partial charge in [-0.25, -0.2) is 0 Å². The summed E-state index contributed by atoms with van der Waals surface area (Å²) in [5.41, 5.74) is 14.7. The second-order valence-corrected chi connectivity index (χ2v) is 6.25. The van der Waals surface area contributed by atoms with Gasteiger partial charge in [-0.2, -0.15) is 55.6 Å². The van der Waals surface area contributed by atoms with Crippen LogP contribution in [0.15, 0.2) is 0 Å². The van der Waals surface area contributed by atoms with Crippen LogP contribution in [-0.4, -0.2) is 0 Å². The molecule has 0 aliphatic carbocycles. The van der Waals surface area contributed by atoms with E-state index in [-0.39, 0.29) is 0 Å². The van der Waals surface area contributed by atoms with Gasteiger partial charge >= 0.3 is 72.4 Å². The monoisotopic (exact) mass is 486 g/mol. The molecule has 0 spiro atoms. The zero-order valence-corrected chi connectivity index (χ0v) is 22.0. The summed E-state index contributed by atoms with van der Waals surface area (Å²) in [5.74, 6) is 0. The predicted octanol–water partition coefficient (Wildman–Crippen LogP) is 5.74. The van der Waals surface area contributed by atoms with Crippen molar-refractivity contribution in [3.63, 3.8) is 0 Å². The minimum atomic E-state index is 1.47. The van der Waals surface area contributed by atoms with Gasteiger partial charge < -0.3 is 0 Å². The summed E-state index contributed by atoms with van der Waals surface area (Å²) in [6.45, 7) is 40.0.